The van der Waals surface area contributed by atoms with Crippen LogP contribution in [0.25, 0.3) is 0 Å². The van der Waals surface area contributed by atoms with Crippen LogP contribution in [-0.2, 0) is 11.3 Å². The molecule has 23 heavy (non-hydrogen) atoms. The standard InChI is InChI=1S/C18H21ClN2O2/c1-18(2,3)23-17(22)21-16-9-5-8-15(11-16)20-12-13-6-4-7-14(19)10-13/h4-11,20H,12H2,1-3H3,(H,21,22). The van der Waals surface area contributed by atoms with Gasteiger partial charge in [0.05, 0.1) is 0 Å². The van der Waals surface area contributed by atoms with Crippen LogP contribution in [0.4, 0.5) is 16.2 Å². The molecule has 2 aromatic rings. The minimum absolute atomic E-state index is 0.468. The summed E-state index contributed by atoms with van der Waals surface area (Å²) in [6.45, 7) is 6.14. The van der Waals surface area contributed by atoms with Crippen LogP contribution in [0.15, 0.2) is 48.5 Å². The van der Waals surface area contributed by atoms with Crippen molar-refractivity contribution in [2.24, 2.45) is 0 Å². The van der Waals surface area contributed by atoms with Crippen molar-refractivity contribution in [3.63, 3.8) is 0 Å². The fraction of sp³-hybridized carbons (Fsp3) is 0.278. The molecule has 0 fully saturated rings. The number of ether oxygens (including phenoxy) is 1. The molecule has 5 heteroatoms. The molecule has 0 heterocycles. The second kappa shape index (κ2) is 7.38. The van der Waals surface area contributed by atoms with Crippen molar-refractivity contribution < 1.29 is 9.53 Å². The topological polar surface area (TPSA) is 50.4 Å². The van der Waals surface area contributed by atoms with E-state index in [9.17, 15) is 4.79 Å². The molecular formula is C18H21ClN2O2. The van der Waals surface area contributed by atoms with Crippen molar-refractivity contribution >= 4 is 29.1 Å². The van der Waals surface area contributed by atoms with Crippen LogP contribution in [0, 0.1) is 0 Å². The quantitative estimate of drug-likeness (QED) is 0.798. The molecule has 0 aliphatic carbocycles. The van der Waals surface area contributed by atoms with Crippen molar-refractivity contribution in [2.75, 3.05) is 10.6 Å². The molecule has 0 bridgehead atoms. The molecule has 122 valence electrons. The number of carbonyl (C=O) groups is 1. The van der Waals surface area contributed by atoms with E-state index in [1.807, 2.05) is 69.3 Å². The lowest BCUT2D eigenvalue weighted by molar-refractivity contribution is 0.0636. The lowest BCUT2D eigenvalue weighted by Gasteiger charge is -2.19. The first-order valence-corrected chi connectivity index (χ1v) is 7.78. The van der Waals surface area contributed by atoms with Gasteiger partial charge in [0.25, 0.3) is 0 Å². The average Bonchev–Trinajstić information content (AvgIpc) is 2.43. The molecule has 0 saturated heterocycles. The monoisotopic (exact) mass is 332 g/mol. The summed E-state index contributed by atoms with van der Waals surface area (Å²) in [6, 6.07) is 15.1. The average molecular weight is 333 g/mol. The van der Waals surface area contributed by atoms with Gasteiger partial charge in [0, 0.05) is 22.9 Å². The highest BCUT2D eigenvalue weighted by Crippen LogP contribution is 2.18. The summed E-state index contributed by atoms with van der Waals surface area (Å²) in [7, 11) is 0. The number of rotatable bonds is 4. The lowest BCUT2D eigenvalue weighted by Crippen LogP contribution is -2.27. The van der Waals surface area contributed by atoms with Crippen LogP contribution >= 0.6 is 11.6 Å². The van der Waals surface area contributed by atoms with Crippen LogP contribution in [0.5, 0.6) is 0 Å². The minimum Gasteiger partial charge on any atom is -0.444 e. The van der Waals surface area contributed by atoms with E-state index >= 15 is 0 Å². The maximum absolute atomic E-state index is 11.8. The zero-order valence-electron chi connectivity index (χ0n) is 13.5. The molecule has 0 saturated carbocycles. The van der Waals surface area contributed by atoms with E-state index in [1.54, 1.807) is 0 Å². The Bertz CT molecular complexity index is 681. The number of anilines is 2. The minimum atomic E-state index is -0.521. The SMILES string of the molecule is CC(C)(C)OC(=O)Nc1cccc(NCc2cccc(Cl)c2)c1. The summed E-state index contributed by atoms with van der Waals surface area (Å²) in [6.07, 6.45) is -0.468. The lowest BCUT2D eigenvalue weighted by atomic mass is 10.2. The van der Waals surface area contributed by atoms with Crippen molar-refractivity contribution in [2.45, 2.75) is 32.9 Å². The third-order valence-corrected chi connectivity index (χ3v) is 3.13. The zero-order valence-corrected chi connectivity index (χ0v) is 14.3. The zero-order chi connectivity index (χ0) is 16.9. The van der Waals surface area contributed by atoms with Gasteiger partial charge >= 0.3 is 6.09 Å². The fourth-order valence-electron chi connectivity index (χ4n) is 1.98. The van der Waals surface area contributed by atoms with Gasteiger partial charge < -0.3 is 10.1 Å². The van der Waals surface area contributed by atoms with E-state index in [0.29, 0.717) is 17.3 Å². The van der Waals surface area contributed by atoms with Gasteiger partial charge in [0.2, 0.25) is 0 Å². The summed E-state index contributed by atoms with van der Waals surface area (Å²) in [4.78, 5) is 11.8. The Morgan fingerprint density at radius 3 is 2.48 bits per heavy atom. The molecular weight excluding hydrogens is 312 g/mol. The Morgan fingerprint density at radius 1 is 1.09 bits per heavy atom. The molecule has 4 nitrogen and oxygen atoms in total. The predicted octanol–water partition coefficient (Wildman–Crippen LogP) is 5.30. The second-order valence-electron chi connectivity index (χ2n) is 6.19. The third kappa shape index (κ3) is 6.20. The molecule has 2 N–H and O–H groups in total. The molecule has 2 aromatic carbocycles. The second-order valence-corrected chi connectivity index (χ2v) is 6.63. The Labute approximate surface area is 141 Å². The number of amides is 1. The van der Waals surface area contributed by atoms with Crippen molar-refractivity contribution in [1.29, 1.82) is 0 Å². The molecule has 0 spiro atoms. The van der Waals surface area contributed by atoms with Gasteiger partial charge in [0.1, 0.15) is 5.60 Å². The van der Waals surface area contributed by atoms with E-state index in [4.69, 9.17) is 16.3 Å². The Hall–Kier alpha value is -2.20. The highest BCUT2D eigenvalue weighted by molar-refractivity contribution is 6.30. The molecule has 0 aliphatic rings. The first-order valence-electron chi connectivity index (χ1n) is 7.40. The van der Waals surface area contributed by atoms with Gasteiger partial charge in [-0.05, 0) is 56.7 Å². The summed E-state index contributed by atoms with van der Waals surface area (Å²) >= 11 is 5.97. The van der Waals surface area contributed by atoms with Gasteiger partial charge in [-0.25, -0.2) is 4.79 Å². The highest BCUT2D eigenvalue weighted by Gasteiger charge is 2.16. The van der Waals surface area contributed by atoms with E-state index in [2.05, 4.69) is 10.6 Å². The number of carbonyl (C=O) groups excluding carboxylic acids is 1. The van der Waals surface area contributed by atoms with E-state index in [-0.39, 0.29) is 0 Å². The summed E-state index contributed by atoms with van der Waals surface area (Å²) < 4.78 is 5.24. The Morgan fingerprint density at radius 2 is 1.78 bits per heavy atom. The first kappa shape index (κ1) is 17.2. The van der Waals surface area contributed by atoms with Crippen LogP contribution in [0.1, 0.15) is 26.3 Å². The maximum atomic E-state index is 11.8. The van der Waals surface area contributed by atoms with E-state index < -0.39 is 11.7 Å². The van der Waals surface area contributed by atoms with Crippen LogP contribution < -0.4 is 10.6 Å². The molecule has 1 amide bonds. The van der Waals surface area contributed by atoms with Gasteiger partial charge in [-0.15, -0.1) is 0 Å². The van der Waals surface area contributed by atoms with Crippen molar-refractivity contribution in [1.82, 2.24) is 0 Å². The fourth-order valence-corrected chi connectivity index (χ4v) is 2.19. The third-order valence-electron chi connectivity index (χ3n) is 2.89. The Kier molecular flexibility index (Phi) is 5.50. The summed E-state index contributed by atoms with van der Waals surface area (Å²) in [5.74, 6) is 0. The van der Waals surface area contributed by atoms with Crippen LogP contribution in [0.3, 0.4) is 0 Å². The van der Waals surface area contributed by atoms with E-state index in [1.165, 1.54) is 0 Å². The molecule has 0 radical (unpaired) electrons. The predicted molar refractivity (Wildman–Crippen MR) is 95.1 cm³/mol. The first-order chi connectivity index (χ1) is 10.8. The van der Waals surface area contributed by atoms with Crippen LogP contribution in [0.2, 0.25) is 5.02 Å². The van der Waals surface area contributed by atoms with E-state index in [0.717, 1.165) is 11.3 Å². The van der Waals surface area contributed by atoms with Gasteiger partial charge in [0.15, 0.2) is 0 Å². The highest BCUT2D eigenvalue weighted by atomic mass is 35.5. The van der Waals surface area contributed by atoms with Crippen molar-refractivity contribution in [3.05, 3.63) is 59.1 Å². The smallest absolute Gasteiger partial charge is 0.412 e. The number of benzene rings is 2. The number of hydrogen-bond acceptors (Lipinski definition) is 3. The Balaban J connectivity index is 1.95. The largest absolute Gasteiger partial charge is 0.444 e. The van der Waals surface area contributed by atoms with Crippen molar-refractivity contribution in [3.8, 4) is 0 Å². The molecule has 0 aliphatic heterocycles. The number of halogens is 1. The maximum Gasteiger partial charge on any atom is 0.412 e. The van der Waals surface area contributed by atoms with Crippen LogP contribution in [-0.4, -0.2) is 11.7 Å². The molecule has 0 aromatic heterocycles. The van der Waals surface area contributed by atoms with Gasteiger partial charge in [-0.2, -0.15) is 0 Å². The normalized spacial score (nSPS) is 11.0. The summed E-state index contributed by atoms with van der Waals surface area (Å²) in [5.41, 5.74) is 2.14. The molecule has 0 unspecified atom stereocenters. The van der Waals surface area contributed by atoms with Gasteiger partial charge in [-0.1, -0.05) is 29.8 Å². The number of nitrogens with one attached hydrogen (secondary N) is 2. The summed E-state index contributed by atoms with van der Waals surface area (Å²) in [5, 5.41) is 6.74. The number of hydrogen-bond donors (Lipinski definition) is 2. The molecule has 2 rings (SSSR count). The van der Waals surface area contributed by atoms with Gasteiger partial charge in [-0.3, -0.25) is 5.32 Å². The molecule has 0 atom stereocenters.